The van der Waals surface area contributed by atoms with Crippen LogP contribution in [0.2, 0.25) is 0 Å². The zero-order valence-electron chi connectivity index (χ0n) is 12.0. The third kappa shape index (κ3) is 4.82. The Balaban J connectivity index is 1.76. The fraction of sp³-hybridized carbons (Fsp3) is 0.471. The first-order valence-electron chi connectivity index (χ1n) is 7.50. The van der Waals surface area contributed by atoms with Crippen LogP contribution in [0.25, 0.3) is 0 Å². The number of rotatable bonds is 6. The smallest absolute Gasteiger partial charge is 0.224 e. The summed E-state index contributed by atoms with van der Waals surface area (Å²) in [5.41, 5.74) is 9.20. The van der Waals surface area contributed by atoms with Gasteiger partial charge in [0.1, 0.15) is 0 Å². The summed E-state index contributed by atoms with van der Waals surface area (Å²) < 4.78 is 0. The Morgan fingerprint density at radius 1 is 1.15 bits per heavy atom. The van der Waals surface area contributed by atoms with Gasteiger partial charge in [0.15, 0.2) is 0 Å². The first kappa shape index (κ1) is 14.8. The number of carbonyl (C=O) groups is 1. The van der Waals surface area contributed by atoms with E-state index in [0.29, 0.717) is 19.5 Å². The molecule has 0 radical (unpaired) electrons. The number of benzene rings is 1. The highest BCUT2D eigenvalue weighted by Gasteiger charge is 2.08. The van der Waals surface area contributed by atoms with Crippen molar-refractivity contribution in [3.05, 3.63) is 47.0 Å². The Labute approximate surface area is 121 Å². The van der Waals surface area contributed by atoms with Crippen LogP contribution in [0.4, 0.5) is 0 Å². The van der Waals surface area contributed by atoms with Gasteiger partial charge in [-0.3, -0.25) is 4.79 Å². The van der Waals surface area contributed by atoms with Crippen molar-refractivity contribution in [2.24, 2.45) is 5.73 Å². The molecule has 3 N–H and O–H groups in total. The lowest BCUT2D eigenvalue weighted by Gasteiger charge is -2.12. The molecule has 0 heterocycles. The third-order valence-electron chi connectivity index (χ3n) is 3.72. The molecule has 0 aromatic heterocycles. The van der Waals surface area contributed by atoms with Crippen LogP contribution < -0.4 is 11.1 Å². The Hall–Kier alpha value is -1.61. The van der Waals surface area contributed by atoms with E-state index in [1.807, 2.05) is 0 Å². The number of allylic oxidation sites excluding steroid dienone is 1. The second kappa shape index (κ2) is 7.85. The van der Waals surface area contributed by atoms with Crippen molar-refractivity contribution in [3.8, 4) is 0 Å². The molecule has 3 heteroatoms. The Morgan fingerprint density at radius 3 is 2.55 bits per heavy atom. The standard InChI is InChI=1S/C17H24N2O/c18-11-10-14-6-8-16(9-7-14)13-19-17(20)12-15-4-2-1-3-5-15/h4,6-9H,1-3,5,10-13,18H2,(H,19,20). The van der Waals surface area contributed by atoms with Crippen molar-refractivity contribution < 1.29 is 4.79 Å². The van der Waals surface area contributed by atoms with Crippen LogP contribution in [0.15, 0.2) is 35.9 Å². The number of hydrogen-bond acceptors (Lipinski definition) is 2. The molecule has 108 valence electrons. The summed E-state index contributed by atoms with van der Waals surface area (Å²) in [7, 11) is 0. The fourth-order valence-electron chi connectivity index (χ4n) is 2.53. The van der Waals surface area contributed by atoms with Crippen molar-refractivity contribution in [2.75, 3.05) is 6.54 Å². The molecular formula is C17H24N2O. The van der Waals surface area contributed by atoms with E-state index < -0.39 is 0 Å². The van der Waals surface area contributed by atoms with Crippen LogP contribution in [0.1, 0.15) is 43.2 Å². The zero-order valence-corrected chi connectivity index (χ0v) is 12.0. The van der Waals surface area contributed by atoms with Crippen molar-refractivity contribution >= 4 is 5.91 Å². The highest BCUT2D eigenvalue weighted by Crippen LogP contribution is 2.19. The summed E-state index contributed by atoms with van der Waals surface area (Å²) in [6.07, 6.45) is 8.39. The molecule has 0 bridgehead atoms. The molecule has 0 unspecified atom stereocenters. The molecular weight excluding hydrogens is 248 g/mol. The molecule has 1 amide bonds. The number of carbonyl (C=O) groups excluding carboxylic acids is 1. The van der Waals surface area contributed by atoms with E-state index in [0.717, 1.165) is 24.8 Å². The van der Waals surface area contributed by atoms with E-state index >= 15 is 0 Å². The summed E-state index contributed by atoms with van der Waals surface area (Å²) in [5.74, 6) is 0.129. The van der Waals surface area contributed by atoms with Gasteiger partial charge in [-0.2, -0.15) is 0 Å². The van der Waals surface area contributed by atoms with E-state index in [1.54, 1.807) is 0 Å². The van der Waals surface area contributed by atoms with Gasteiger partial charge in [-0.25, -0.2) is 0 Å². The lowest BCUT2D eigenvalue weighted by molar-refractivity contribution is -0.120. The number of nitrogens with two attached hydrogens (primary N) is 1. The van der Waals surface area contributed by atoms with Gasteiger partial charge in [0.05, 0.1) is 0 Å². The predicted octanol–water partition coefficient (Wildman–Crippen LogP) is 2.69. The molecule has 0 spiro atoms. The van der Waals surface area contributed by atoms with E-state index in [4.69, 9.17) is 5.73 Å². The largest absolute Gasteiger partial charge is 0.352 e. The van der Waals surface area contributed by atoms with Crippen molar-refractivity contribution in [3.63, 3.8) is 0 Å². The molecule has 20 heavy (non-hydrogen) atoms. The lowest BCUT2D eigenvalue weighted by atomic mass is 9.97. The highest BCUT2D eigenvalue weighted by atomic mass is 16.1. The van der Waals surface area contributed by atoms with E-state index in [9.17, 15) is 4.79 Å². The maximum Gasteiger partial charge on any atom is 0.224 e. The van der Waals surface area contributed by atoms with Gasteiger partial charge in [-0.1, -0.05) is 35.9 Å². The summed E-state index contributed by atoms with van der Waals surface area (Å²) in [6.45, 7) is 1.28. The van der Waals surface area contributed by atoms with Gasteiger partial charge >= 0.3 is 0 Å². The van der Waals surface area contributed by atoms with Crippen LogP contribution in [0, 0.1) is 0 Å². The minimum atomic E-state index is 0.129. The minimum absolute atomic E-state index is 0.129. The molecule has 0 fully saturated rings. The zero-order chi connectivity index (χ0) is 14.2. The van der Waals surface area contributed by atoms with Crippen molar-refractivity contribution in [1.82, 2.24) is 5.32 Å². The van der Waals surface area contributed by atoms with Crippen molar-refractivity contribution in [1.29, 1.82) is 0 Å². The third-order valence-corrected chi connectivity index (χ3v) is 3.72. The van der Waals surface area contributed by atoms with Gasteiger partial charge in [-0.15, -0.1) is 0 Å². The van der Waals surface area contributed by atoms with Gasteiger partial charge in [-0.05, 0) is 49.8 Å². The molecule has 0 saturated carbocycles. The molecule has 1 aromatic carbocycles. The predicted molar refractivity (Wildman–Crippen MR) is 82.2 cm³/mol. The second-order valence-corrected chi connectivity index (χ2v) is 5.42. The van der Waals surface area contributed by atoms with E-state index in [-0.39, 0.29) is 5.91 Å². The summed E-state index contributed by atoms with van der Waals surface area (Å²) in [4.78, 5) is 11.9. The summed E-state index contributed by atoms with van der Waals surface area (Å²) >= 11 is 0. The number of amides is 1. The Bertz CT molecular complexity index is 462. The average molecular weight is 272 g/mol. The van der Waals surface area contributed by atoms with Gasteiger partial charge in [0, 0.05) is 13.0 Å². The maximum absolute atomic E-state index is 11.9. The molecule has 3 nitrogen and oxygen atoms in total. The normalized spacial score (nSPS) is 14.8. The Morgan fingerprint density at radius 2 is 1.90 bits per heavy atom. The van der Waals surface area contributed by atoms with Crippen LogP contribution in [0.3, 0.4) is 0 Å². The first-order valence-corrected chi connectivity index (χ1v) is 7.50. The molecule has 2 rings (SSSR count). The van der Waals surface area contributed by atoms with Crippen LogP contribution >= 0.6 is 0 Å². The lowest BCUT2D eigenvalue weighted by Crippen LogP contribution is -2.23. The molecule has 1 aliphatic rings. The van der Waals surface area contributed by atoms with Gasteiger partial charge in [0.25, 0.3) is 0 Å². The molecule has 1 aromatic rings. The quantitative estimate of drug-likeness (QED) is 0.782. The number of hydrogen-bond donors (Lipinski definition) is 2. The van der Waals surface area contributed by atoms with Crippen LogP contribution in [-0.4, -0.2) is 12.5 Å². The molecule has 0 atom stereocenters. The summed E-state index contributed by atoms with van der Waals surface area (Å²) in [5, 5.41) is 2.99. The van der Waals surface area contributed by atoms with E-state index in [2.05, 4.69) is 35.7 Å². The average Bonchev–Trinajstić information content (AvgIpc) is 2.48. The van der Waals surface area contributed by atoms with Crippen LogP contribution in [0.5, 0.6) is 0 Å². The summed E-state index contributed by atoms with van der Waals surface area (Å²) in [6, 6.07) is 8.28. The fourth-order valence-corrected chi connectivity index (χ4v) is 2.53. The monoisotopic (exact) mass is 272 g/mol. The SMILES string of the molecule is NCCc1ccc(CNC(=O)CC2=CCCCC2)cc1. The van der Waals surface area contributed by atoms with Crippen molar-refractivity contribution in [2.45, 2.75) is 45.1 Å². The van der Waals surface area contributed by atoms with Crippen LogP contribution in [-0.2, 0) is 17.8 Å². The maximum atomic E-state index is 11.9. The van der Waals surface area contributed by atoms with Gasteiger partial charge in [0.2, 0.25) is 5.91 Å². The number of nitrogens with one attached hydrogen (secondary N) is 1. The Kier molecular flexibility index (Phi) is 5.81. The molecule has 0 saturated heterocycles. The van der Waals surface area contributed by atoms with Gasteiger partial charge < -0.3 is 11.1 Å². The van der Waals surface area contributed by atoms with E-state index in [1.165, 1.54) is 24.0 Å². The second-order valence-electron chi connectivity index (χ2n) is 5.42. The molecule has 0 aliphatic heterocycles. The molecule has 1 aliphatic carbocycles. The first-order chi connectivity index (χ1) is 9.78. The topological polar surface area (TPSA) is 55.1 Å². The highest BCUT2D eigenvalue weighted by molar-refractivity contribution is 5.78. The minimum Gasteiger partial charge on any atom is -0.352 e.